The highest BCUT2D eigenvalue weighted by molar-refractivity contribution is 7.90. The van der Waals surface area contributed by atoms with Crippen LogP contribution in [0.25, 0.3) is 0 Å². The van der Waals surface area contributed by atoms with E-state index in [-0.39, 0.29) is 16.5 Å². The maximum absolute atomic E-state index is 11.5. The molecule has 8 heteroatoms. The van der Waals surface area contributed by atoms with Gasteiger partial charge < -0.3 is 10.0 Å². The van der Waals surface area contributed by atoms with Crippen LogP contribution in [-0.2, 0) is 9.84 Å². The summed E-state index contributed by atoms with van der Waals surface area (Å²) in [6.45, 7) is 2.83. The summed E-state index contributed by atoms with van der Waals surface area (Å²) in [5, 5.41) is 21.1. The van der Waals surface area contributed by atoms with Gasteiger partial charge in [-0.05, 0) is 24.5 Å². The van der Waals surface area contributed by atoms with Crippen LogP contribution in [0.2, 0.25) is 0 Å². The third-order valence-electron chi connectivity index (χ3n) is 3.83. The van der Waals surface area contributed by atoms with E-state index in [1.807, 2.05) is 6.92 Å². The van der Waals surface area contributed by atoms with Crippen LogP contribution in [0, 0.1) is 16.0 Å². The average Bonchev–Trinajstić information content (AvgIpc) is 2.40. The minimum Gasteiger partial charge on any atom is -0.391 e. The number of hydrogen-bond donors (Lipinski definition) is 1. The molecule has 116 valence electrons. The molecule has 0 aliphatic carbocycles. The predicted octanol–water partition coefficient (Wildman–Crippen LogP) is 1.21. The SMILES string of the molecule is CC1CCN(c2ccc(S(C)(=O)=O)cc2[N+](=O)[O-])CC1O. The van der Waals surface area contributed by atoms with Crippen LogP contribution >= 0.6 is 0 Å². The first-order valence-electron chi connectivity index (χ1n) is 6.61. The topological polar surface area (TPSA) is 101 Å². The first kappa shape index (κ1) is 15.7. The van der Waals surface area contributed by atoms with E-state index < -0.39 is 20.9 Å². The van der Waals surface area contributed by atoms with Gasteiger partial charge in [-0.2, -0.15) is 0 Å². The second kappa shape index (κ2) is 5.61. The summed E-state index contributed by atoms with van der Waals surface area (Å²) in [6, 6.07) is 3.88. The van der Waals surface area contributed by atoms with E-state index in [2.05, 4.69) is 0 Å². The van der Waals surface area contributed by atoms with Gasteiger partial charge in [-0.3, -0.25) is 10.1 Å². The van der Waals surface area contributed by atoms with Crippen LogP contribution in [-0.4, -0.2) is 43.9 Å². The van der Waals surface area contributed by atoms with Crippen LogP contribution < -0.4 is 4.90 Å². The number of nitro benzene ring substituents is 1. The van der Waals surface area contributed by atoms with Crippen molar-refractivity contribution in [2.24, 2.45) is 5.92 Å². The normalized spacial score (nSPS) is 23.1. The van der Waals surface area contributed by atoms with Crippen LogP contribution in [0.15, 0.2) is 23.1 Å². The fourth-order valence-electron chi connectivity index (χ4n) is 2.42. The molecular formula is C13H18N2O5S. The Bertz CT molecular complexity index is 659. The Balaban J connectivity index is 2.42. The Kier molecular flexibility index (Phi) is 4.20. The summed E-state index contributed by atoms with van der Waals surface area (Å²) in [5.74, 6) is 0.149. The Morgan fingerprint density at radius 3 is 2.62 bits per heavy atom. The summed E-state index contributed by atoms with van der Waals surface area (Å²) in [6.07, 6.45) is 1.19. The van der Waals surface area contributed by atoms with Gasteiger partial charge in [-0.15, -0.1) is 0 Å². The van der Waals surface area contributed by atoms with Gasteiger partial charge >= 0.3 is 0 Å². The van der Waals surface area contributed by atoms with Crippen molar-refractivity contribution in [3.05, 3.63) is 28.3 Å². The number of nitro groups is 1. The second-order valence-electron chi connectivity index (χ2n) is 5.46. The third kappa shape index (κ3) is 3.33. The summed E-state index contributed by atoms with van der Waals surface area (Å²) in [5.41, 5.74) is 0.0954. The first-order valence-corrected chi connectivity index (χ1v) is 8.51. The van der Waals surface area contributed by atoms with Crippen LogP contribution in [0.3, 0.4) is 0 Å². The van der Waals surface area contributed by atoms with E-state index >= 15 is 0 Å². The van der Waals surface area contributed by atoms with Gasteiger partial charge in [-0.1, -0.05) is 6.92 Å². The van der Waals surface area contributed by atoms with Gasteiger partial charge in [0.15, 0.2) is 9.84 Å². The minimum atomic E-state index is -3.50. The number of anilines is 1. The number of β-amino-alcohol motifs (C(OH)–C–C–N with tert-alkyl or cyclic N) is 1. The minimum absolute atomic E-state index is 0.0797. The zero-order valence-electron chi connectivity index (χ0n) is 11.9. The van der Waals surface area contributed by atoms with E-state index in [1.54, 1.807) is 4.90 Å². The highest BCUT2D eigenvalue weighted by atomic mass is 32.2. The molecule has 1 aliphatic heterocycles. The molecule has 0 saturated carbocycles. The quantitative estimate of drug-likeness (QED) is 0.664. The summed E-state index contributed by atoms with van der Waals surface area (Å²) in [4.78, 5) is 12.3. The van der Waals surface area contributed by atoms with E-state index in [1.165, 1.54) is 12.1 Å². The lowest BCUT2D eigenvalue weighted by Gasteiger charge is -2.35. The van der Waals surface area contributed by atoms with Crippen molar-refractivity contribution in [1.29, 1.82) is 0 Å². The molecule has 7 nitrogen and oxygen atoms in total. The lowest BCUT2D eigenvalue weighted by molar-refractivity contribution is -0.384. The van der Waals surface area contributed by atoms with Crippen molar-refractivity contribution in [2.75, 3.05) is 24.2 Å². The zero-order valence-corrected chi connectivity index (χ0v) is 12.7. The van der Waals surface area contributed by atoms with E-state index in [4.69, 9.17) is 0 Å². The van der Waals surface area contributed by atoms with Gasteiger partial charge in [-0.25, -0.2) is 8.42 Å². The number of hydrogen-bond acceptors (Lipinski definition) is 6. The summed E-state index contributed by atoms with van der Waals surface area (Å²) < 4.78 is 23.0. The second-order valence-corrected chi connectivity index (χ2v) is 7.47. The van der Waals surface area contributed by atoms with Crippen molar-refractivity contribution in [1.82, 2.24) is 0 Å². The highest BCUT2D eigenvalue weighted by Crippen LogP contribution is 2.33. The van der Waals surface area contributed by atoms with E-state index in [0.29, 0.717) is 18.8 Å². The van der Waals surface area contributed by atoms with Crippen molar-refractivity contribution in [2.45, 2.75) is 24.3 Å². The molecule has 2 unspecified atom stereocenters. The first-order chi connectivity index (χ1) is 9.70. The Morgan fingerprint density at radius 2 is 2.10 bits per heavy atom. The molecule has 1 aromatic carbocycles. The van der Waals surface area contributed by atoms with E-state index in [9.17, 15) is 23.6 Å². The molecule has 0 spiro atoms. The third-order valence-corrected chi connectivity index (χ3v) is 4.94. The Morgan fingerprint density at radius 1 is 1.43 bits per heavy atom. The summed E-state index contributed by atoms with van der Waals surface area (Å²) >= 11 is 0. The molecule has 0 bridgehead atoms. The number of sulfone groups is 1. The average molecular weight is 314 g/mol. The monoisotopic (exact) mass is 314 g/mol. The van der Waals surface area contributed by atoms with Crippen molar-refractivity contribution in [3.8, 4) is 0 Å². The fourth-order valence-corrected chi connectivity index (χ4v) is 3.06. The Labute approximate surface area is 123 Å². The smallest absolute Gasteiger partial charge is 0.293 e. The summed E-state index contributed by atoms with van der Waals surface area (Å²) in [7, 11) is -3.50. The largest absolute Gasteiger partial charge is 0.391 e. The molecule has 21 heavy (non-hydrogen) atoms. The number of aliphatic hydroxyl groups excluding tert-OH is 1. The van der Waals surface area contributed by atoms with Gasteiger partial charge in [0.2, 0.25) is 0 Å². The molecule has 1 saturated heterocycles. The van der Waals surface area contributed by atoms with Crippen LogP contribution in [0.1, 0.15) is 13.3 Å². The Hall–Kier alpha value is -1.67. The maximum Gasteiger partial charge on any atom is 0.293 e. The maximum atomic E-state index is 11.5. The standard InChI is InChI=1S/C13H18N2O5S/c1-9-5-6-14(8-13(9)16)11-4-3-10(21(2,19)20)7-12(11)15(17)18/h3-4,7,9,13,16H,5-6,8H2,1-2H3. The van der Waals surface area contributed by atoms with Crippen molar-refractivity contribution >= 4 is 21.2 Å². The van der Waals surface area contributed by atoms with E-state index in [0.717, 1.165) is 18.7 Å². The van der Waals surface area contributed by atoms with Crippen LogP contribution in [0.5, 0.6) is 0 Å². The molecule has 0 amide bonds. The van der Waals surface area contributed by atoms with Gasteiger partial charge in [0.25, 0.3) is 5.69 Å². The molecule has 2 rings (SSSR count). The number of benzene rings is 1. The lowest BCUT2D eigenvalue weighted by atomic mass is 9.95. The van der Waals surface area contributed by atoms with Crippen LogP contribution in [0.4, 0.5) is 11.4 Å². The fraction of sp³-hybridized carbons (Fsp3) is 0.538. The van der Waals surface area contributed by atoms with Gasteiger partial charge in [0, 0.05) is 25.4 Å². The van der Waals surface area contributed by atoms with Gasteiger partial charge in [0.1, 0.15) is 5.69 Å². The molecule has 2 atom stereocenters. The number of rotatable bonds is 3. The molecule has 0 aromatic heterocycles. The van der Waals surface area contributed by atoms with Gasteiger partial charge in [0.05, 0.1) is 15.9 Å². The molecule has 0 radical (unpaired) electrons. The molecule has 1 N–H and O–H groups in total. The highest BCUT2D eigenvalue weighted by Gasteiger charge is 2.29. The number of piperidine rings is 1. The molecular weight excluding hydrogens is 296 g/mol. The number of aliphatic hydroxyl groups is 1. The predicted molar refractivity (Wildman–Crippen MR) is 78.2 cm³/mol. The van der Waals surface area contributed by atoms with Crippen molar-refractivity contribution < 1.29 is 18.4 Å². The molecule has 1 aliphatic rings. The van der Waals surface area contributed by atoms with Crippen molar-refractivity contribution in [3.63, 3.8) is 0 Å². The zero-order chi connectivity index (χ0) is 15.8. The molecule has 1 fully saturated rings. The lowest BCUT2D eigenvalue weighted by Crippen LogP contribution is -2.43. The molecule has 1 aromatic rings. The molecule has 1 heterocycles. The number of nitrogens with zero attached hydrogens (tertiary/aromatic N) is 2.